The number of benzene rings is 1. The van der Waals surface area contributed by atoms with Crippen molar-refractivity contribution in [2.24, 2.45) is 0 Å². The average molecular weight is 396 g/mol. The van der Waals surface area contributed by atoms with Crippen molar-refractivity contribution in [2.45, 2.75) is 33.0 Å². The summed E-state index contributed by atoms with van der Waals surface area (Å²) in [5.41, 5.74) is 1.25. The Hall–Kier alpha value is -3.17. The number of aryl methyl sites for hydroxylation is 1. The molecule has 0 bridgehead atoms. The molecule has 10 heteroatoms. The molecule has 1 atom stereocenters. The summed E-state index contributed by atoms with van der Waals surface area (Å²) < 4.78 is 41.2. The van der Waals surface area contributed by atoms with Gasteiger partial charge >= 0.3 is 6.18 Å². The van der Waals surface area contributed by atoms with E-state index in [1.165, 1.54) is 25.1 Å². The number of amides is 2. The van der Waals surface area contributed by atoms with Crippen LogP contribution in [0.3, 0.4) is 0 Å². The van der Waals surface area contributed by atoms with Crippen LogP contribution < -0.4 is 15.4 Å². The summed E-state index contributed by atoms with van der Waals surface area (Å²) in [6, 6.07) is 6.95. The summed E-state index contributed by atoms with van der Waals surface area (Å²) in [5, 5.41) is 5.15. The molecule has 7 nitrogen and oxygen atoms in total. The van der Waals surface area contributed by atoms with Crippen molar-refractivity contribution in [1.82, 2.24) is 15.3 Å². The molecule has 0 saturated heterocycles. The van der Waals surface area contributed by atoms with Crippen LogP contribution in [0.5, 0.6) is 5.75 Å². The van der Waals surface area contributed by atoms with Gasteiger partial charge in [-0.2, -0.15) is 13.2 Å². The number of aromatic nitrogens is 2. The molecule has 28 heavy (non-hydrogen) atoms. The van der Waals surface area contributed by atoms with Crippen LogP contribution in [-0.4, -0.2) is 34.6 Å². The quantitative estimate of drug-likeness (QED) is 0.782. The van der Waals surface area contributed by atoms with Gasteiger partial charge in [0.25, 0.3) is 5.91 Å². The second-order valence-electron chi connectivity index (χ2n) is 6.07. The lowest BCUT2D eigenvalue weighted by Crippen LogP contribution is -2.28. The van der Waals surface area contributed by atoms with Gasteiger partial charge in [0.05, 0.1) is 6.04 Å². The van der Waals surface area contributed by atoms with E-state index in [2.05, 4.69) is 25.3 Å². The van der Waals surface area contributed by atoms with Crippen molar-refractivity contribution < 1.29 is 27.5 Å². The van der Waals surface area contributed by atoms with Gasteiger partial charge in [-0.15, -0.1) is 0 Å². The van der Waals surface area contributed by atoms with E-state index in [-0.39, 0.29) is 23.3 Å². The van der Waals surface area contributed by atoms with Crippen LogP contribution in [0.25, 0.3) is 0 Å². The van der Waals surface area contributed by atoms with Gasteiger partial charge in [-0.3, -0.25) is 14.9 Å². The third-order valence-corrected chi connectivity index (χ3v) is 3.50. The van der Waals surface area contributed by atoms with Gasteiger partial charge < -0.3 is 10.1 Å². The highest BCUT2D eigenvalue weighted by Crippen LogP contribution is 2.21. The van der Waals surface area contributed by atoms with Crippen molar-refractivity contribution in [3.8, 4) is 5.75 Å². The van der Waals surface area contributed by atoms with E-state index < -0.39 is 24.7 Å². The number of halogens is 3. The molecule has 2 aromatic rings. The number of nitrogens with one attached hydrogen (secondary N) is 2. The summed E-state index contributed by atoms with van der Waals surface area (Å²) in [6.07, 6.45) is -4.41. The zero-order valence-corrected chi connectivity index (χ0v) is 15.4. The highest BCUT2D eigenvalue weighted by atomic mass is 19.4. The fraction of sp³-hybridized carbons (Fsp3) is 0.333. The molecule has 0 aliphatic carbocycles. The second kappa shape index (κ2) is 8.68. The maximum Gasteiger partial charge on any atom is 0.422 e. The summed E-state index contributed by atoms with van der Waals surface area (Å²) >= 11 is 0. The zero-order chi connectivity index (χ0) is 20.9. The third-order valence-electron chi connectivity index (χ3n) is 3.50. The second-order valence-corrected chi connectivity index (χ2v) is 6.07. The first-order chi connectivity index (χ1) is 13.0. The van der Waals surface area contributed by atoms with Crippen LogP contribution in [0.15, 0.2) is 30.3 Å². The van der Waals surface area contributed by atoms with E-state index in [1.54, 1.807) is 26.0 Å². The van der Waals surface area contributed by atoms with Gasteiger partial charge in [0.2, 0.25) is 11.9 Å². The van der Waals surface area contributed by atoms with E-state index in [4.69, 9.17) is 0 Å². The molecule has 0 radical (unpaired) electrons. The lowest BCUT2D eigenvalue weighted by Gasteiger charge is -2.15. The molecular weight excluding hydrogens is 377 g/mol. The minimum absolute atomic E-state index is 0.0245. The molecular formula is C18H19F3N4O3. The average Bonchev–Trinajstić information content (AvgIpc) is 2.58. The Balaban J connectivity index is 2.04. The van der Waals surface area contributed by atoms with E-state index in [0.717, 1.165) is 0 Å². The van der Waals surface area contributed by atoms with Gasteiger partial charge in [0.1, 0.15) is 11.4 Å². The van der Waals surface area contributed by atoms with E-state index >= 15 is 0 Å². The number of carbonyl (C=O) groups excluding carboxylic acids is 2. The summed E-state index contributed by atoms with van der Waals surface area (Å²) in [5.74, 6) is -0.748. The van der Waals surface area contributed by atoms with E-state index in [0.29, 0.717) is 11.3 Å². The Morgan fingerprint density at radius 3 is 2.39 bits per heavy atom. The molecule has 1 aromatic carbocycles. The predicted molar refractivity (Wildman–Crippen MR) is 94.9 cm³/mol. The number of alkyl halides is 3. The number of anilines is 1. The van der Waals surface area contributed by atoms with Crippen molar-refractivity contribution in [3.63, 3.8) is 0 Å². The number of ether oxygens (including phenoxy) is 1. The summed E-state index contributed by atoms with van der Waals surface area (Å²) in [7, 11) is 0. The molecule has 1 aromatic heterocycles. The minimum Gasteiger partial charge on any atom is -0.484 e. The molecule has 0 saturated carbocycles. The van der Waals surface area contributed by atoms with Crippen molar-refractivity contribution in [1.29, 1.82) is 0 Å². The van der Waals surface area contributed by atoms with E-state index in [1.807, 2.05) is 0 Å². The van der Waals surface area contributed by atoms with Gasteiger partial charge in [0, 0.05) is 12.6 Å². The molecule has 1 unspecified atom stereocenters. The minimum atomic E-state index is -4.41. The standard InChI is InChI=1S/C18H19F3N4O3/c1-10-8-15(25-17(22-10)24-12(3)26)16(27)23-11(2)13-4-6-14(7-5-13)28-9-18(19,20)21/h4-8,11H,9H2,1-3H3,(H,23,27)(H,22,24,25,26). The largest absolute Gasteiger partial charge is 0.484 e. The van der Waals surface area contributed by atoms with E-state index in [9.17, 15) is 22.8 Å². The van der Waals surface area contributed by atoms with Gasteiger partial charge in [-0.05, 0) is 37.6 Å². The Morgan fingerprint density at radius 2 is 1.82 bits per heavy atom. The molecule has 2 rings (SSSR count). The smallest absolute Gasteiger partial charge is 0.422 e. The maximum atomic E-state index is 12.4. The van der Waals surface area contributed by atoms with Crippen LogP contribution >= 0.6 is 0 Å². The number of hydrogen-bond acceptors (Lipinski definition) is 5. The monoisotopic (exact) mass is 396 g/mol. The van der Waals surface area contributed by atoms with Gasteiger partial charge in [-0.1, -0.05) is 12.1 Å². The first kappa shape index (κ1) is 21.1. The highest BCUT2D eigenvalue weighted by molar-refractivity contribution is 5.93. The fourth-order valence-electron chi connectivity index (χ4n) is 2.27. The Labute approximate surface area is 159 Å². The predicted octanol–water partition coefficient (Wildman–Crippen LogP) is 3.18. The molecule has 0 spiro atoms. The molecule has 1 heterocycles. The number of carbonyl (C=O) groups is 2. The number of rotatable bonds is 6. The van der Waals surface area contributed by atoms with Gasteiger partial charge in [-0.25, -0.2) is 9.97 Å². The fourth-order valence-corrected chi connectivity index (χ4v) is 2.27. The van der Waals surface area contributed by atoms with Crippen LogP contribution in [0.4, 0.5) is 19.1 Å². The lowest BCUT2D eigenvalue weighted by atomic mass is 10.1. The first-order valence-corrected chi connectivity index (χ1v) is 8.27. The number of hydrogen-bond donors (Lipinski definition) is 2. The molecule has 0 fully saturated rings. The normalized spacial score (nSPS) is 12.2. The van der Waals surface area contributed by atoms with Crippen molar-refractivity contribution in [3.05, 3.63) is 47.3 Å². The Kier molecular flexibility index (Phi) is 6.55. The first-order valence-electron chi connectivity index (χ1n) is 8.27. The van der Waals surface area contributed by atoms with Crippen LogP contribution in [0, 0.1) is 6.92 Å². The molecule has 2 N–H and O–H groups in total. The zero-order valence-electron chi connectivity index (χ0n) is 15.4. The topological polar surface area (TPSA) is 93.2 Å². The Morgan fingerprint density at radius 1 is 1.18 bits per heavy atom. The molecule has 0 aliphatic heterocycles. The van der Waals surface area contributed by atoms with Crippen LogP contribution in [0.2, 0.25) is 0 Å². The SMILES string of the molecule is CC(=O)Nc1nc(C)cc(C(=O)NC(C)c2ccc(OCC(F)(F)F)cc2)n1. The third kappa shape index (κ3) is 6.53. The highest BCUT2D eigenvalue weighted by Gasteiger charge is 2.28. The molecule has 2 amide bonds. The summed E-state index contributed by atoms with van der Waals surface area (Å²) in [4.78, 5) is 31.6. The van der Waals surface area contributed by atoms with Crippen LogP contribution in [-0.2, 0) is 4.79 Å². The molecule has 0 aliphatic rings. The summed E-state index contributed by atoms with van der Waals surface area (Å²) in [6.45, 7) is 3.30. The van der Waals surface area contributed by atoms with Crippen molar-refractivity contribution >= 4 is 17.8 Å². The number of nitrogens with zero attached hydrogens (tertiary/aromatic N) is 2. The van der Waals surface area contributed by atoms with Crippen LogP contribution in [0.1, 0.15) is 41.6 Å². The lowest BCUT2D eigenvalue weighted by molar-refractivity contribution is -0.153. The van der Waals surface area contributed by atoms with Crippen molar-refractivity contribution in [2.75, 3.05) is 11.9 Å². The Bertz CT molecular complexity index is 854. The maximum absolute atomic E-state index is 12.4. The molecule has 150 valence electrons. The van der Waals surface area contributed by atoms with Gasteiger partial charge in [0.15, 0.2) is 6.61 Å².